The van der Waals surface area contributed by atoms with Crippen molar-refractivity contribution in [1.82, 2.24) is 4.90 Å². The lowest BCUT2D eigenvalue weighted by atomic mass is 9.84. The van der Waals surface area contributed by atoms with E-state index in [0.717, 1.165) is 18.5 Å². The van der Waals surface area contributed by atoms with Gasteiger partial charge in [0.15, 0.2) is 0 Å². The lowest BCUT2D eigenvalue weighted by Gasteiger charge is -2.32. The molecule has 0 aliphatic heterocycles. The van der Waals surface area contributed by atoms with E-state index in [2.05, 4.69) is 11.8 Å². The molecule has 2 heteroatoms. The first-order valence-corrected chi connectivity index (χ1v) is 7.81. The number of nitrogens with zero attached hydrogens (tertiary/aromatic N) is 1. The highest BCUT2D eigenvalue weighted by Gasteiger charge is 2.31. The van der Waals surface area contributed by atoms with Crippen molar-refractivity contribution >= 4 is 0 Å². The molecule has 0 amide bonds. The summed E-state index contributed by atoms with van der Waals surface area (Å²) >= 11 is 0. The van der Waals surface area contributed by atoms with Crippen LogP contribution in [0.3, 0.4) is 0 Å². The highest BCUT2D eigenvalue weighted by molar-refractivity contribution is 4.88. The van der Waals surface area contributed by atoms with E-state index >= 15 is 0 Å². The molecule has 2 aliphatic rings. The van der Waals surface area contributed by atoms with Gasteiger partial charge in [-0.05, 0) is 44.6 Å². The van der Waals surface area contributed by atoms with Crippen molar-refractivity contribution in [2.45, 2.75) is 76.8 Å². The molecule has 2 nitrogen and oxygen atoms in total. The Morgan fingerprint density at radius 2 is 1.82 bits per heavy atom. The van der Waals surface area contributed by atoms with Crippen molar-refractivity contribution in [3.05, 3.63) is 0 Å². The summed E-state index contributed by atoms with van der Waals surface area (Å²) < 4.78 is 0. The van der Waals surface area contributed by atoms with Gasteiger partial charge in [0.05, 0.1) is 0 Å². The Labute approximate surface area is 107 Å². The van der Waals surface area contributed by atoms with Crippen LogP contribution in [0, 0.1) is 5.92 Å². The maximum Gasteiger partial charge on any atom is 0.0196 e. The fourth-order valence-electron chi connectivity index (χ4n) is 3.21. The van der Waals surface area contributed by atoms with Crippen LogP contribution in [0.4, 0.5) is 0 Å². The van der Waals surface area contributed by atoms with E-state index in [4.69, 9.17) is 5.73 Å². The highest BCUT2D eigenvalue weighted by Crippen LogP contribution is 2.30. The summed E-state index contributed by atoms with van der Waals surface area (Å²) in [7, 11) is 0. The Morgan fingerprint density at radius 1 is 1.12 bits per heavy atom. The zero-order valence-corrected chi connectivity index (χ0v) is 11.5. The summed E-state index contributed by atoms with van der Waals surface area (Å²) in [6.45, 7) is 4.73. The molecular formula is C15H30N2. The van der Waals surface area contributed by atoms with Crippen LogP contribution in [0.15, 0.2) is 0 Å². The van der Waals surface area contributed by atoms with Crippen molar-refractivity contribution in [2.24, 2.45) is 11.7 Å². The van der Waals surface area contributed by atoms with Gasteiger partial charge in [0.2, 0.25) is 0 Å². The molecule has 17 heavy (non-hydrogen) atoms. The van der Waals surface area contributed by atoms with Crippen molar-refractivity contribution in [3.63, 3.8) is 0 Å². The molecule has 2 saturated carbocycles. The van der Waals surface area contributed by atoms with E-state index in [1.807, 2.05) is 0 Å². The first-order valence-electron chi connectivity index (χ1n) is 7.81. The molecule has 1 unspecified atom stereocenters. The van der Waals surface area contributed by atoms with Gasteiger partial charge in [-0.1, -0.05) is 32.6 Å². The zero-order valence-electron chi connectivity index (χ0n) is 11.5. The van der Waals surface area contributed by atoms with Gasteiger partial charge >= 0.3 is 0 Å². The van der Waals surface area contributed by atoms with Crippen molar-refractivity contribution in [3.8, 4) is 0 Å². The van der Waals surface area contributed by atoms with Gasteiger partial charge in [0.25, 0.3) is 0 Å². The molecule has 0 spiro atoms. The van der Waals surface area contributed by atoms with Crippen LogP contribution in [0.2, 0.25) is 0 Å². The molecule has 100 valence electrons. The molecule has 0 aromatic rings. The number of hydrogen-bond acceptors (Lipinski definition) is 2. The molecule has 2 aliphatic carbocycles. The van der Waals surface area contributed by atoms with Crippen LogP contribution >= 0.6 is 0 Å². The standard InChI is InChI=1S/C15H30N2/c1-2-3-11-17(14-9-10-14)12-15(16)13-7-5-4-6-8-13/h13-15H,2-12,16H2,1H3. The predicted octanol–water partition coefficient (Wildman–Crippen LogP) is 3.16. The topological polar surface area (TPSA) is 29.3 Å². The van der Waals surface area contributed by atoms with E-state index in [9.17, 15) is 0 Å². The summed E-state index contributed by atoms with van der Waals surface area (Å²) in [4.78, 5) is 2.68. The summed E-state index contributed by atoms with van der Waals surface area (Å²) in [5.41, 5.74) is 6.44. The Morgan fingerprint density at radius 3 is 2.41 bits per heavy atom. The van der Waals surface area contributed by atoms with Gasteiger partial charge in [0.1, 0.15) is 0 Å². The normalized spacial score (nSPS) is 24.2. The van der Waals surface area contributed by atoms with Crippen LogP contribution in [0.5, 0.6) is 0 Å². The van der Waals surface area contributed by atoms with Gasteiger partial charge in [-0.25, -0.2) is 0 Å². The molecule has 0 saturated heterocycles. The Hall–Kier alpha value is -0.0800. The van der Waals surface area contributed by atoms with Crippen LogP contribution in [0.1, 0.15) is 64.7 Å². The highest BCUT2D eigenvalue weighted by atomic mass is 15.2. The summed E-state index contributed by atoms with van der Waals surface area (Å²) in [5, 5.41) is 0. The lowest BCUT2D eigenvalue weighted by molar-refractivity contribution is 0.197. The third-order valence-electron chi connectivity index (χ3n) is 4.56. The van der Waals surface area contributed by atoms with E-state index in [1.54, 1.807) is 0 Å². The number of unbranched alkanes of at least 4 members (excludes halogenated alkanes) is 1. The minimum absolute atomic E-state index is 0.438. The lowest BCUT2D eigenvalue weighted by Crippen LogP contribution is -2.44. The van der Waals surface area contributed by atoms with Gasteiger partial charge in [-0.2, -0.15) is 0 Å². The van der Waals surface area contributed by atoms with Crippen LogP contribution in [-0.2, 0) is 0 Å². The number of nitrogens with two attached hydrogens (primary N) is 1. The zero-order chi connectivity index (χ0) is 12.1. The monoisotopic (exact) mass is 238 g/mol. The summed E-state index contributed by atoms with van der Waals surface area (Å²) in [5.74, 6) is 0.812. The Balaban J connectivity index is 1.75. The third-order valence-corrected chi connectivity index (χ3v) is 4.56. The first-order chi connectivity index (χ1) is 8.31. The SMILES string of the molecule is CCCCN(CC(N)C1CCCCC1)C1CC1. The molecule has 2 rings (SSSR count). The summed E-state index contributed by atoms with van der Waals surface area (Å²) in [6, 6.07) is 1.32. The maximum absolute atomic E-state index is 6.44. The Bertz CT molecular complexity index is 207. The average molecular weight is 238 g/mol. The average Bonchev–Trinajstić information content (AvgIpc) is 3.19. The Kier molecular flexibility index (Phi) is 5.30. The van der Waals surface area contributed by atoms with Gasteiger partial charge in [0, 0.05) is 18.6 Å². The molecule has 1 atom stereocenters. The van der Waals surface area contributed by atoms with Gasteiger partial charge < -0.3 is 5.73 Å². The fourth-order valence-corrected chi connectivity index (χ4v) is 3.21. The van der Waals surface area contributed by atoms with E-state index in [0.29, 0.717) is 6.04 Å². The number of hydrogen-bond donors (Lipinski definition) is 1. The second-order valence-electron chi connectivity index (χ2n) is 6.14. The van der Waals surface area contributed by atoms with Crippen molar-refractivity contribution in [1.29, 1.82) is 0 Å². The molecule has 0 aromatic carbocycles. The molecule has 0 aromatic heterocycles. The second-order valence-corrected chi connectivity index (χ2v) is 6.14. The minimum Gasteiger partial charge on any atom is -0.326 e. The van der Waals surface area contributed by atoms with Crippen LogP contribution in [-0.4, -0.2) is 30.1 Å². The van der Waals surface area contributed by atoms with Crippen LogP contribution in [0.25, 0.3) is 0 Å². The van der Waals surface area contributed by atoms with Crippen LogP contribution < -0.4 is 5.73 Å². The molecule has 2 fully saturated rings. The second kappa shape index (κ2) is 6.75. The van der Waals surface area contributed by atoms with E-state index in [1.165, 1.54) is 64.3 Å². The third kappa shape index (κ3) is 4.26. The molecule has 0 bridgehead atoms. The largest absolute Gasteiger partial charge is 0.326 e. The van der Waals surface area contributed by atoms with Crippen molar-refractivity contribution < 1.29 is 0 Å². The van der Waals surface area contributed by atoms with E-state index in [-0.39, 0.29) is 0 Å². The fraction of sp³-hybridized carbons (Fsp3) is 1.00. The first kappa shape index (κ1) is 13.4. The quantitative estimate of drug-likeness (QED) is 0.738. The van der Waals surface area contributed by atoms with Crippen molar-refractivity contribution in [2.75, 3.05) is 13.1 Å². The summed E-state index contributed by atoms with van der Waals surface area (Å²) in [6.07, 6.45) is 12.5. The molecular weight excluding hydrogens is 208 g/mol. The predicted molar refractivity (Wildman–Crippen MR) is 74.1 cm³/mol. The molecule has 0 heterocycles. The molecule has 0 radical (unpaired) electrons. The minimum atomic E-state index is 0.438. The smallest absolute Gasteiger partial charge is 0.0196 e. The van der Waals surface area contributed by atoms with Gasteiger partial charge in [-0.3, -0.25) is 4.90 Å². The number of rotatable bonds is 7. The van der Waals surface area contributed by atoms with E-state index < -0.39 is 0 Å². The maximum atomic E-state index is 6.44. The van der Waals surface area contributed by atoms with Gasteiger partial charge in [-0.15, -0.1) is 0 Å². The molecule has 2 N–H and O–H groups in total.